The van der Waals surface area contributed by atoms with Crippen molar-refractivity contribution in [3.8, 4) is 11.5 Å². The first-order valence-electron chi connectivity index (χ1n) is 8.17. The second-order valence-corrected chi connectivity index (χ2v) is 5.56. The maximum absolute atomic E-state index is 10.9. The standard InChI is InChI=1S/C20H24O4/c1-22-18-14-13-16(9-5-3-4-6-12-20(21)23-2)15-19(18)24-17-10-7-8-11-17/h3-6,9,12-15,17H,7-8,10-11H2,1-2H3. The lowest BCUT2D eigenvalue weighted by atomic mass is 10.2. The topological polar surface area (TPSA) is 44.8 Å². The molecule has 1 aliphatic rings. The largest absolute Gasteiger partial charge is 0.493 e. The molecule has 0 heterocycles. The zero-order chi connectivity index (χ0) is 17.2. The second-order valence-electron chi connectivity index (χ2n) is 5.56. The first-order chi connectivity index (χ1) is 11.7. The lowest BCUT2D eigenvalue weighted by Gasteiger charge is -2.16. The molecule has 0 unspecified atom stereocenters. The van der Waals surface area contributed by atoms with Crippen molar-refractivity contribution in [2.24, 2.45) is 0 Å². The number of hydrogen-bond donors (Lipinski definition) is 0. The normalized spacial score (nSPS) is 15.6. The molecule has 0 spiro atoms. The number of benzene rings is 1. The Morgan fingerprint density at radius 1 is 1.04 bits per heavy atom. The van der Waals surface area contributed by atoms with Crippen LogP contribution >= 0.6 is 0 Å². The summed E-state index contributed by atoms with van der Waals surface area (Å²) in [4.78, 5) is 10.9. The van der Waals surface area contributed by atoms with Crippen LogP contribution in [0, 0.1) is 0 Å². The molecule has 0 amide bonds. The van der Waals surface area contributed by atoms with Gasteiger partial charge in [0.2, 0.25) is 0 Å². The van der Waals surface area contributed by atoms with Crippen molar-refractivity contribution in [3.05, 3.63) is 54.1 Å². The molecule has 1 aromatic carbocycles. The van der Waals surface area contributed by atoms with Crippen LogP contribution in [0.25, 0.3) is 6.08 Å². The molecule has 0 atom stereocenters. The van der Waals surface area contributed by atoms with Gasteiger partial charge in [-0.3, -0.25) is 0 Å². The van der Waals surface area contributed by atoms with E-state index in [2.05, 4.69) is 4.74 Å². The van der Waals surface area contributed by atoms with E-state index in [0.29, 0.717) is 6.10 Å². The summed E-state index contributed by atoms with van der Waals surface area (Å²) in [6.07, 6.45) is 15.5. The van der Waals surface area contributed by atoms with Gasteiger partial charge in [-0.05, 0) is 43.4 Å². The summed E-state index contributed by atoms with van der Waals surface area (Å²) in [6, 6.07) is 5.89. The maximum Gasteiger partial charge on any atom is 0.330 e. The Balaban J connectivity index is 1.99. The minimum atomic E-state index is -0.368. The van der Waals surface area contributed by atoms with Crippen molar-refractivity contribution in [3.63, 3.8) is 0 Å². The van der Waals surface area contributed by atoms with Crippen molar-refractivity contribution in [1.29, 1.82) is 0 Å². The Bertz CT molecular complexity index is 623. The van der Waals surface area contributed by atoms with E-state index >= 15 is 0 Å². The third-order valence-electron chi connectivity index (χ3n) is 3.84. The fourth-order valence-corrected chi connectivity index (χ4v) is 2.57. The fraction of sp³-hybridized carbons (Fsp3) is 0.350. The number of carbonyl (C=O) groups is 1. The molecule has 1 aliphatic carbocycles. The number of methoxy groups -OCH3 is 2. The van der Waals surface area contributed by atoms with Crippen LogP contribution in [0.2, 0.25) is 0 Å². The van der Waals surface area contributed by atoms with Gasteiger partial charge in [0.1, 0.15) is 0 Å². The van der Waals surface area contributed by atoms with Gasteiger partial charge >= 0.3 is 5.97 Å². The molecule has 0 N–H and O–H groups in total. The van der Waals surface area contributed by atoms with Gasteiger partial charge in [0.25, 0.3) is 0 Å². The Morgan fingerprint density at radius 2 is 1.79 bits per heavy atom. The minimum Gasteiger partial charge on any atom is -0.493 e. The molecule has 4 heteroatoms. The molecule has 24 heavy (non-hydrogen) atoms. The summed E-state index contributed by atoms with van der Waals surface area (Å²) < 4.78 is 16.0. The van der Waals surface area contributed by atoms with Gasteiger partial charge in [0.15, 0.2) is 11.5 Å². The van der Waals surface area contributed by atoms with E-state index in [0.717, 1.165) is 29.9 Å². The molecule has 2 rings (SSSR count). The molecule has 1 aromatic rings. The number of hydrogen-bond acceptors (Lipinski definition) is 4. The third-order valence-corrected chi connectivity index (χ3v) is 3.84. The number of esters is 1. The number of ether oxygens (including phenoxy) is 3. The van der Waals surface area contributed by atoms with E-state index in [1.54, 1.807) is 19.3 Å². The molecule has 0 radical (unpaired) electrons. The molecular weight excluding hydrogens is 304 g/mol. The van der Waals surface area contributed by atoms with Gasteiger partial charge < -0.3 is 14.2 Å². The second kappa shape index (κ2) is 9.60. The van der Waals surface area contributed by atoms with Gasteiger partial charge in [-0.15, -0.1) is 0 Å². The highest BCUT2D eigenvalue weighted by molar-refractivity contribution is 5.82. The molecule has 0 bridgehead atoms. The van der Waals surface area contributed by atoms with E-state index in [9.17, 15) is 4.79 Å². The molecule has 0 aliphatic heterocycles. The highest BCUT2D eigenvalue weighted by atomic mass is 16.5. The quantitative estimate of drug-likeness (QED) is 0.425. The summed E-state index contributed by atoms with van der Waals surface area (Å²) in [5.74, 6) is 1.18. The molecule has 0 aromatic heterocycles. The van der Waals surface area contributed by atoms with Crippen LogP contribution in [0.4, 0.5) is 0 Å². The summed E-state index contributed by atoms with van der Waals surface area (Å²) in [5, 5.41) is 0. The molecule has 128 valence electrons. The first kappa shape index (κ1) is 17.9. The Kier molecular flexibility index (Phi) is 7.15. The summed E-state index contributed by atoms with van der Waals surface area (Å²) in [6.45, 7) is 0. The maximum atomic E-state index is 10.9. The molecular formula is C20H24O4. The minimum absolute atomic E-state index is 0.293. The van der Waals surface area contributed by atoms with E-state index in [1.807, 2.05) is 36.4 Å². The van der Waals surface area contributed by atoms with Gasteiger partial charge in [-0.2, -0.15) is 0 Å². The third kappa shape index (κ3) is 5.61. The monoisotopic (exact) mass is 328 g/mol. The van der Waals surface area contributed by atoms with Crippen LogP contribution in [0.5, 0.6) is 11.5 Å². The van der Waals surface area contributed by atoms with Crippen LogP contribution < -0.4 is 9.47 Å². The summed E-state index contributed by atoms with van der Waals surface area (Å²) >= 11 is 0. The van der Waals surface area contributed by atoms with Crippen molar-refractivity contribution in [1.82, 2.24) is 0 Å². The Hall–Kier alpha value is -2.49. The highest BCUT2D eigenvalue weighted by Gasteiger charge is 2.18. The molecule has 1 fully saturated rings. The number of allylic oxidation sites excluding steroid dienone is 4. The van der Waals surface area contributed by atoms with E-state index < -0.39 is 0 Å². The van der Waals surface area contributed by atoms with Crippen LogP contribution in [-0.4, -0.2) is 26.3 Å². The van der Waals surface area contributed by atoms with E-state index in [-0.39, 0.29) is 5.97 Å². The SMILES string of the molecule is COC(=O)C=CC=CC=Cc1ccc(OC)c(OC2CCCC2)c1. The number of rotatable bonds is 7. The predicted octanol–water partition coefficient (Wildman–Crippen LogP) is 4.32. The average molecular weight is 328 g/mol. The van der Waals surface area contributed by atoms with E-state index in [4.69, 9.17) is 9.47 Å². The summed E-state index contributed by atoms with van der Waals surface area (Å²) in [5.41, 5.74) is 1.03. The smallest absolute Gasteiger partial charge is 0.330 e. The van der Waals surface area contributed by atoms with Gasteiger partial charge in [-0.1, -0.05) is 36.4 Å². The lowest BCUT2D eigenvalue weighted by Crippen LogP contribution is -2.11. The van der Waals surface area contributed by atoms with E-state index in [1.165, 1.54) is 26.0 Å². The van der Waals surface area contributed by atoms with Crippen molar-refractivity contribution >= 4 is 12.0 Å². The Labute approximate surface area is 143 Å². The highest BCUT2D eigenvalue weighted by Crippen LogP contribution is 2.32. The van der Waals surface area contributed by atoms with Crippen molar-refractivity contribution in [2.75, 3.05) is 14.2 Å². The number of carbonyl (C=O) groups excluding carboxylic acids is 1. The van der Waals surface area contributed by atoms with Crippen molar-refractivity contribution < 1.29 is 19.0 Å². The summed E-state index contributed by atoms with van der Waals surface area (Å²) in [7, 11) is 3.01. The zero-order valence-electron chi connectivity index (χ0n) is 14.2. The Morgan fingerprint density at radius 3 is 2.50 bits per heavy atom. The molecule has 0 saturated heterocycles. The van der Waals surface area contributed by atoms with Crippen LogP contribution in [0.1, 0.15) is 31.2 Å². The lowest BCUT2D eigenvalue weighted by molar-refractivity contribution is -0.134. The zero-order valence-corrected chi connectivity index (χ0v) is 14.2. The average Bonchev–Trinajstić information content (AvgIpc) is 3.11. The van der Waals surface area contributed by atoms with Crippen LogP contribution in [0.3, 0.4) is 0 Å². The van der Waals surface area contributed by atoms with Gasteiger partial charge in [-0.25, -0.2) is 4.79 Å². The fourth-order valence-electron chi connectivity index (χ4n) is 2.57. The van der Waals surface area contributed by atoms with Gasteiger partial charge in [0, 0.05) is 6.08 Å². The first-order valence-corrected chi connectivity index (χ1v) is 8.17. The van der Waals surface area contributed by atoms with Crippen molar-refractivity contribution in [2.45, 2.75) is 31.8 Å². The molecule has 1 saturated carbocycles. The van der Waals surface area contributed by atoms with Crippen LogP contribution in [0.15, 0.2) is 48.6 Å². The van der Waals surface area contributed by atoms with Crippen LogP contribution in [-0.2, 0) is 9.53 Å². The molecule has 4 nitrogen and oxygen atoms in total. The van der Waals surface area contributed by atoms with Gasteiger partial charge in [0.05, 0.1) is 20.3 Å². The predicted molar refractivity (Wildman–Crippen MR) is 95.2 cm³/mol.